The van der Waals surface area contributed by atoms with Crippen molar-refractivity contribution in [1.82, 2.24) is 10.2 Å². The zero-order valence-corrected chi connectivity index (χ0v) is 13.9. The number of aromatic amines is 1. The summed E-state index contributed by atoms with van der Waals surface area (Å²) in [5.74, 6) is 2.40. The van der Waals surface area contributed by atoms with Crippen LogP contribution in [-0.2, 0) is 4.74 Å². The Kier molecular flexibility index (Phi) is 4.65. The number of rotatable bonds is 6. The molecule has 25 heavy (non-hydrogen) atoms. The molecule has 2 aromatic carbocycles. The molecule has 0 aliphatic carbocycles. The molecule has 0 radical (unpaired) electrons. The van der Waals surface area contributed by atoms with E-state index in [4.69, 9.17) is 14.2 Å². The quantitative estimate of drug-likeness (QED) is 0.723. The smallest absolute Gasteiger partial charge is 0.127 e. The molecular weight excluding hydrogens is 316 g/mol. The zero-order chi connectivity index (χ0) is 16.9. The van der Waals surface area contributed by atoms with E-state index < -0.39 is 0 Å². The lowest BCUT2D eigenvalue weighted by Crippen LogP contribution is -2.16. The van der Waals surface area contributed by atoms with E-state index in [0.717, 1.165) is 48.0 Å². The van der Waals surface area contributed by atoms with Gasteiger partial charge < -0.3 is 14.2 Å². The van der Waals surface area contributed by atoms with Crippen molar-refractivity contribution in [3.05, 3.63) is 60.8 Å². The van der Waals surface area contributed by atoms with Gasteiger partial charge in [-0.05, 0) is 73.0 Å². The largest absolute Gasteiger partial charge is 0.491 e. The van der Waals surface area contributed by atoms with E-state index in [2.05, 4.69) is 10.2 Å². The Morgan fingerprint density at radius 1 is 0.960 bits per heavy atom. The van der Waals surface area contributed by atoms with Crippen molar-refractivity contribution in [2.75, 3.05) is 13.2 Å². The molecule has 1 atom stereocenters. The molecule has 2 heterocycles. The third-order valence-electron chi connectivity index (χ3n) is 4.19. The summed E-state index contributed by atoms with van der Waals surface area (Å²) >= 11 is 0. The highest BCUT2D eigenvalue weighted by molar-refractivity contribution is 5.59. The van der Waals surface area contributed by atoms with Crippen LogP contribution < -0.4 is 9.47 Å². The van der Waals surface area contributed by atoms with E-state index in [1.165, 1.54) is 0 Å². The number of aromatic nitrogens is 2. The SMILES string of the molecule is c1cc(-c2ccc(Oc3ccc(OCC4CCCO4)cc3)cc2)[nH]n1. The highest BCUT2D eigenvalue weighted by Crippen LogP contribution is 2.26. The standard InChI is InChI=1S/C20H20N2O3/c1-2-19(23-13-1)14-24-16-7-9-18(10-8-16)25-17-5-3-15(4-6-17)20-11-12-21-22-20/h3-12,19H,1-2,13-14H2,(H,21,22). The number of H-pyrrole nitrogens is 1. The van der Waals surface area contributed by atoms with Crippen LogP contribution >= 0.6 is 0 Å². The summed E-state index contributed by atoms with van der Waals surface area (Å²) in [5.41, 5.74) is 2.06. The molecule has 1 N–H and O–H groups in total. The number of hydrogen-bond acceptors (Lipinski definition) is 4. The van der Waals surface area contributed by atoms with Gasteiger partial charge in [-0.3, -0.25) is 5.10 Å². The Hall–Kier alpha value is -2.79. The van der Waals surface area contributed by atoms with Crippen molar-refractivity contribution >= 4 is 0 Å². The van der Waals surface area contributed by atoms with E-state index in [1.807, 2.05) is 54.6 Å². The molecule has 5 heteroatoms. The Labute approximate surface area is 146 Å². The Bertz CT molecular complexity index is 777. The first-order valence-electron chi connectivity index (χ1n) is 8.49. The van der Waals surface area contributed by atoms with Crippen LogP contribution in [0.15, 0.2) is 60.8 Å². The Balaban J connectivity index is 1.34. The highest BCUT2D eigenvalue weighted by Gasteiger charge is 2.15. The van der Waals surface area contributed by atoms with Crippen LogP contribution in [0.25, 0.3) is 11.3 Å². The van der Waals surface area contributed by atoms with Gasteiger partial charge in [-0.25, -0.2) is 0 Å². The predicted octanol–water partition coefficient (Wildman–Crippen LogP) is 4.43. The summed E-state index contributed by atoms with van der Waals surface area (Å²) < 4.78 is 17.2. The van der Waals surface area contributed by atoms with Gasteiger partial charge in [0.1, 0.15) is 23.9 Å². The van der Waals surface area contributed by atoms with Crippen LogP contribution in [0, 0.1) is 0 Å². The summed E-state index contributed by atoms with van der Waals surface area (Å²) in [4.78, 5) is 0. The molecule has 128 valence electrons. The number of nitrogens with one attached hydrogen (secondary N) is 1. The Morgan fingerprint density at radius 2 is 1.68 bits per heavy atom. The molecule has 0 saturated carbocycles. The topological polar surface area (TPSA) is 56.4 Å². The van der Waals surface area contributed by atoms with Gasteiger partial charge in [0.15, 0.2) is 0 Å². The second-order valence-electron chi connectivity index (χ2n) is 6.01. The van der Waals surface area contributed by atoms with Crippen molar-refractivity contribution in [2.24, 2.45) is 0 Å². The van der Waals surface area contributed by atoms with Gasteiger partial charge in [0, 0.05) is 12.8 Å². The minimum atomic E-state index is 0.226. The van der Waals surface area contributed by atoms with Crippen LogP contribution in [0.4, 0.5) is 0 Å². The first-order chi connectivity index (χ1) is 12.4. The van der Waals surface area contributed by atoms with Crippen LogP contribution in [0.5, 0.6) is 17.2 Å². The van der Waals surface area contributed by atoms with Gasteiger partial charge in [0.25, 0.3) is 0 Å². The third-order valence-corrected chi connectivity index (χ3v) is 4.19. The molecule has 1 aliphatic rings. The van der Waals surface area contributed by atoms with E-state index in [-0.39, 0.29) is 6.10 Å². The Morgan fingerprint density at radius 3 is 2.32 bits per heavy atom. The van der Waals surface area contributed by atoms with Crippen LogP contribution in [0.2, 0.25) is 0 Å². The monoisotopic (exact) mass is 336 g/mol. The number of ether oxygens (including phenoxy) is 3. The maximum absolute atomic E-state index is 5.88. The van der Waals surface area contributed by atoms with E-state index in [0.29, 0.717) is 6.61 Å². The van der Waals surface area contributed by atoms with Crippen molar-refractivity contribution in [3.63, 3.8) is 0 Å². The molecule has 0 amide bonds. The third kappa shape index (κ3) is 4.00. The fourth-order valence-corrected chi connectivity index (χ4v) is 2.82. The highest BCUT2D eigenvalue weighted by atomic mass is 16.5. The molecule has 1 fully saturated rings. The average Bonchev–Trinajstić information content (AvgIpc) is 3.36. The lowest BCUT2D eigenvalue weighted by atomic mass is 10.1. The molecule has 1 unspecified atom stereocenters. The molecule has 3 aromatic rings. The van der Waals surface area contributed by atoms with E-state index in [1.54, 1.807) is 6.20 Å². The van der Waals surface area contributed by atoms with Crippen molar-refractivity contribution in [2.45, 2.75) is 18.9 Å². The fourth-order valence-electron chi connectivity index (χ4n) is 2.82. The molecule has 4 rings (SSSR count). The summed E-state index contributed by atoms with van der Waals surface area (Å²) in [7, 11) is 0. The molecule has 1 saturated heterocycles. The van der Waals surface area contributed by atoms with Gasteiger partial charge in [-0.15, -0.1) is 0 Å². The van der Waals surface area contributed by atoms with Crippen LogP contribution in [0.3, 0.4) is 0 Å². The molecule has 1 aromatic heterocycles. The van der Waals surface area contributed by atoms with Crippen molar-refractivity contribution in [1.29, 1.82) is 0 Å². The summed E-state index contributed by atoms with van der Waals surface area (Å²) in [5, 5.41) is 6.91. The second-order valence-corrected chi connectivity index (χ2v) is 6.01. The maximum Gasteiger partial charge on any atom is 0.127 e. The van der Waals surface area contributed by atoms with Gasteiger partial charge in [0.05, 0.1) is 11.8 Å². The second kappa shape index (κ2) is 7.40. The van der Waals surface area contributed by atoms with Gasteiger partial charge in [-0.1, -0.05) is 0 Å². The molecular formula is C20H20N2O3. The van der Waals surface area contributed by atoms with E-state index >= 15 is 0 Å². The lowest BCUT2D eigenvalue weighted by molar-refractivity contribution is 0.0679. The number of hydrogen-bond donors (Lipinski definition) is 1. The first-order valence-corrected chi connectivity index (χ1v) is 8.49. The van der Waals surface area contributed by atoms with Gasteiger partial charge in [0.2, 0.25) is 0 Å². The summed E-state index contributed by atoms with van der Waals surface area (Å²) in [6, 6.07) is 17.5. The minimum absolute atomic E-state index is 0.226. The first kappa shape index (κ1) is 15.7. The van der Waals surface area contributed by atoms with E-state index in [9.17, 15) is 0 Å². The molecule has 1 aliphatic heterocycles. The number of benzene rings is 2. The molecule has 5 nitrogen and oxygen atoms in total. The van der Waals surface area contributed by atoms with Gasteiger partial charge in [-0.2, -0.15) is 5.10 Å². The normalized spacial score (nSPS) is 16.7. The lowest BCUT2D eigenvalue weighted by Gasteiger charge is -2.12. The van der Waals surface area contributed by atoms with Gasteiger partial charge >= 0.3 is 0 Å². The summed E-state index contributed by atoms with van der Waals surface area (Å²) in [6.07, 6.45) is 4.17. The maximum atomic E-state index is 5.88. The molecule has 0 bridgehead atoms. The molecule has 0 spiro atoms. The minimum Gasteiger partial charge on any atom is -0.491 e. The van der Waals surface area contributed by atoms with Crippen molar-refractivity contribution < 1.29 is 14.2 Å². The van der Waals surface area contributed by atoms with Crippen LogP contribution in [0.1, 0.15) is 12.8 Å². The summed E-state index contributed by atoms with van der Waals surface area (Å²) in [6.45, 7) is 1.45. The van der Waals surface area contributed by atoms with Crippen molar-refractivity contribution in [3.8, 4) is 28.5 Å². The van der Waals surface area contributed by atoms with Crippen LogP contribution in [-0.4, -0.2) is 29.5 Å². The average molecular weight is 336 g/mol. The zero-order valence-electron chi connectivity index (χ0n) is 13.9. The predicted molar refractivity (Wildman–Crippen MR) is 95.0 cm³/mol. The fraction of sp³-hybridized carbons (Fsp3) is 0.250. The number of nitrogens with zero attached hydrogens (tertiary/aromatic N) is 1.